The summed E-state index contributed by atoms with van der Waals surface area (Å²) in [5, 5.41) is 7.99. The number of amidine groups is 1. The normalized spacial score (nSPS) is 19.5. The molecule has 1 N–H and O–H groups in total. The molecule has 0 saturated carbocycles. The van der Waals surface area contributed by atoms with Crippen LogP contribution in [0.5, 0.6) is 0 Å². The molecule has 1 saturated heterocycles. The highest BCUT2D eigenvalue weighted by Crippen LogP contribution is 2.16. The van der Waals surface area contributed by atoms with Crippen molar-refractivity contribution < 1.29 is 0 Å². The second-order valence-electron chi connectivity index (χ2n) is 4.82. The second kappa shape index (κ2) is 5.50. The summed E-state index contributed by atoms with van der Waals surface area (Å²) in [5.41, 5.74) is 0. The number of hydrogen-bond donors (Lipinski definition) is 1. The van der Waals surface area contributed by atoms with Crippen LogP contribution in [0.15, 0.2) is 0 Å². The maximum atomic E-state index is 7.99. The summed E-state index contributed by atoms with van der Waals surface area (Å²) >= 11 is 0. The molecular formula is C12H25N3. The molecule has 0 radical (unpaired) electrons. The van der Waals surface area contributed by atoms with Gasteiger partial charge in [0.15, 0.2) is 0 Å². The van der Waals surface area contributed by atoms with E-state index in [9.17, 15) is 0 Å². The van der Waals surface area contributed by atoms with Crippen molar-refractivity contribution in [2.45, 2.75) is 39.7 Å². The average Bonchev–Trinajstić information content (AvgIpc) is 2.27. The van der Waals surface area contributed by atoms with E-state index in [4.69, 9.17) is 5.41 Å². The minimum atomic E-state index is 0.346. The van der Waals surface area contributed by atoms with Gasteiger partial charge in [0.1, 0.15) is 0 Å². The van der Waals surface area contributed by atoms with Crippen LogP contribution in [0.2, 0.25) is 0 Å². The largest absolute Gasteiger partial charge is 0.360 e. The molecule has 0 aromatic carbocycles. The third-order valence-corrected chi connectivity index (χ3v) is 3.48. The number of likely N-dealkylation sites (tertiary alicyclic amines) is 1. The summed E-state index contributed by atoms with van der Waals surface area (Å²) in [5.74, 6) is 1.13. The molecule has 1 fully saturated rings. The fourth-order valence-electron chi connectivity index (χ4n) is 2.23. The fourth-order valence-corrected chi connectivity index (χ4v) is 2.23. The summed E-state index contributed by atoms with van der Waals surface area (Å²) in [6.45, 7) is 9.96. The molecule has 0 amide bonds. The Bertz CT molecular complexity index is 205. The highest BCUT2D eigenvalue weighted by atomic mass is 15.2. The smallest absolute Gasteiger partial charge is 0.0983 e. The van der Waals surface area contributed by atoms with E-state index in [0.717, 1.165) is 12.4 Å². The highest BCUT2D eigenvalue weighted by Gasteiger charge is 2.23. The van der Waals surface area contributed by atoms with Gasteiger partial charge in [-0.25, -0.2) is 0 Å². The number of nitrogens with zero attached hydrogens (tertiary/aromatic N) is 2. The Kier molecular flexibility index (Phi) is 4.58. The van der Waals surface area contributed by atoms with Crippen LogP contribution < -0.4 is 0 Å². The van der Waals surface area contributed by atoms with Gasteiger partial charge in [-0.05, 0) is 19.4 Å². The monoisotopic (exact) mass is 211 g/mol. The van der Waals surface area contributed by atoms with Crippen LogP contribution in [0.4, 0.5) is 0 Å². The number of rotatable bonds is 3. The molecule has 0 unspecified atom stereocenters. The van der Waals surface area contributed by atoms with Gasteiger partial charge in [0.25, 0.3) is 0 Å². The van der Waals surface area contributed by atoms with E-state index < -0.39 is 0 Å². The molecule has 0 aromatic heterocycles. The van der Waals surface area contributed by atoms with Gasteiger partial charge >= 0.3 is 0 Å². The van der Waals surface area contributed by atoms with Crippen molar-refractivity contribution in [3.8, 4) is 0 Å². The molecule has 1 aliphatic rings. The van der Waals surface area contributed by atoms with E-state index in [-0.39, 0.29) is 0 Å². The molecule has 1 aliphatic heterocycles. The molecule has 1 heterocycles. The van der Waals surface area contributed by atoms with Crippen molar-refractivity contribution in [2.24, 2.45) is 5.92 Å². The Hall–Kier alpha value is -0.570. The van der Waals surface area contributed by atoms with Gasteiger partial charge in [0.2, 0.25) is 0 Å². The average molecular weight is 211 g/mol. The van der Waals surface area contributed by atoms with Crippen LogP contribution in [0.3, 0.4) is 0 Å². The summed E-state index contributed by atoms with van der Waals surface area (Å²) in [6.07, 6.45) is 2.42. The molecular weight excluding hydrogens is 186 g/mol. The third-order valence-electron chi connectivity index (χ3n) is 3.48. The van der Waals surface area contributed by atoms with Crippen molar-refractivity contribution in [1.82, 2.24) is 9.80 Å². The van der Waals surface area contributed by atoms with E-state index in [0.29, 0.717) is 12.0 Å². The van der Waals surface area contributed by atoms with Crippen LogP contribution in [-0.2, 0) is 0 Å². The van der Waals surface area contributed by atoms with E-state index in [2.05, 4.69) is 37.6 Å². The summed E-state index contributed by atoms with van der Waals surface area (Å²) in [7, 11) is 2.08. The summed E-state index contributed by atoms with van der Waals surface area (Å²) in [6, 6.07) is 0.586. The maximum Gasteiger partial charge on any atom is 0.0983 e. The molecule has 0 spiro atoms. The third kappa shape index (κ3) is 3.20. The van der Waals surface area contributed by atoms with E-state index in [1.165, 1.54) is 25.9 Å². The molecule has 3 nitrogen and oxygen atoms in total. The maximum absolute atomic E-state index is 7.99. The van der Waals surface area contributed by atoms with Crippen LogP contribution in [0.25, 0.3) is 0 Å². The lowest BCUT2D eigenvalue weighted by atomic mass is 10.0. The zero-order valence-corrected chi connectivity index (χ0v) is 10.6. The number of hydrogen-bond acceptors (Lipinski definition) is 2. The van der Waals surface area contributed by atoms with Crippen LogP contribution in [-0.4, -0.2) is 48.4 Å². The van der Waals surface area contributed by atoms with Crippen LogP contribution >= 0.6 is 0 Å². The molecule has 3 heteroatoms. The van der Waals surface area contributed by atoms with Gasteiger partial charge in [-0.3, -0.25) is 5.41 Å². The first kappa shape index (κ1) is 12.5. The van der Waals surface area contributed by atoms with Gasteiger partial charge in [0.05, 0.1) is 5.84 Å². The number of piperidine rings is 1. The second-order valence-corrected chi connectivity index (χ2v) is 4.82. The molecule has 0 atom stereocenters. The van der Waals surface area contributed by atoms with Gasteiger partial charge < -0.3 is 9.80 Å². The highest BCUT2D eigenvalue weighted by molar-refractivity contribution is 5.81. The van der Waals surface area contributed by atoms with Gasteiger partial charge in [-0.2, -0.15) is 0 Å². The Morgan fingerprint density at radius 3 is 2.33 bits per heavy atom. The SMILES string of the molecule is CCN1CCC(N(C)C(=N)C(C)C)CC1. The summed E-state index contributed by atoms with van der Waals surface area (Å²) in [4.78, 5) is 4.67. The van der Waals surface area contributed by atoms with E-state index in [1.807, 2.05) is 0 Å². The van der Waals surface area contributed by atoms with Crippen molar-refractivity contribution in [3.05, 3.63) is 0 Å². The number of nitrogens with one attached hydrogen (secondary N) is 1. The van der Waals surface area contributed by atoms with Gasteiger partial charge in [-0.1, -0.05) is 20.8 Å². The first-order valence-electron chi connectivity index (χ1n) is 6.09. The van der Waals surface area contributed by atoms with Crippen molar-refractivity contribution >= 4 is 5.84 Å². The lowest BCUT2D eigenvalue weighted by Gasteiger charge is -2.38. The summed E-state index contributed by atoms with van der Waals surface area (Å²) < 4.78 is 0. The van der Waals surface area contributed by atoms with Gasteiger partial charge in [0, 0.05) is 32.1 Å². The first-order chi connectivity index (χ1) is 7.06. The van der Waals surface area contributed by atoms with E-state index in [1.54, 1.807) is 0 Å². The molecule has 1 rings (SSSR count). The Labute approximate surface area is 94.0 Å². The molecule has 0 bridgehead atoms. The van der Waals surface area contributed by atoms with Crippen LogP contribution in [0, 0.1) is 11.3 Å². The topological polar surface area (TPSA) is 30.3 Å². The lowest BCUT2D eigenvalue weighted by Crippen LogP contribution is -2.46. The fraction of sp³-hybridized carbons (Fsp3) is 0.917. The van der Waals surface area contributed by atoms with Crippen molar-refractivity contribution in [2.75, 3.05) is 26.7 Å². The minimum Gasteiger partial charge on any atom is -0.360 e. The standard InChI is InChI=1S/C12H25N3/c1-5-15-8-6-11(7-9-15)14(4)12(13)10(2)3/h10-11,13H,5-9H2,1-4H3. The molecule has 15 heavy (non-hydrogen) atoms. The molecule has 0 aromatic rings. The quantitative estimate of drug-likeness (QED) is 0.572. The zero-order valence-electron chi connectivity index (χ0n) is 10.6. The minimum absolute atomic E-state index is 0.346. The Balaban J connectivity index is 2.42. The lowest BCUT2D eigenvalue weighted by molar-refractivity contribution is 0.168. The molecule has 0 aliphatic carbocycles. The first-order valence-corrected chi connectivity index (χ1v) is 6.09. The van der Waals surface area contributed by atoms with Crippen molar-refractivity contribution in [3.63, 3.8) is 0 Å². The zero-order chi connectivity index (χ0) is 11.4. The van der Waals surface area contributed by atoms with Crippen molar-refractivity contribution in [1.29, 1.82) is 5.41 Å². The Morgan fingerprint density at radius 2 is 1.93 bits per heavy atom. The predicted molar refractivity (Wildman–Crippen MR) is 65.5 cm³/mol. The van der Waals surface area contributed by atoms with Crippen LogP contribution in [0.1, 0.15) is 33.6 Å². The predicted octanol–water partition coefficient (Wildman–Crippen LogP) is 2.04. The van der Waals surface area contributed by atoms with E-state index >= 15 is 0 Å². The van der Waals surface area contributed by atoms with Gasteiger partial charge in [-0.15, -0.1) is 0 Å². The Morgan fingerprint density at radius 1 is 1.40 bits per heavy atom. The molecule has 88 valence electrons.